The van der Waals surface area contributed by atoms with E-state index in [1.807, 2.05) is 20.8 Å². The minimum Gasteiger partial charge on any atom is -0.508 e. The summed E-state index contributed by atoms with van der Waals surface area (Å²) in [6.07, 6.45) is 3.52. The summed E-state index contributed by atoms with van der Waals surface area (Å²) >= 11 is 0. The Morgan fingerprint density at radius 3 is 2.40 bits per heavy atom. The maximum Gasteiger partial charge on any atom is 0.123 e. The van der Waals surface area contributed by atoms with E-state index in [9.17, 15) is 10.2 Å². The number of aliphatic hydroxyl groups excluding tert-OH is 1. The predicted molar refractivity (Wildman–Crippen MR) is 65.8 cm³/mol. The van der Waals surface area contributed by atoms with Crippen LogP contribution in [-0.4, -0.2) is 10.2 Å². The molecule has 1 aromatic rings. The van der Waals surface area contributed by atoms with Crippen LogP contribution >= 0.6 is 0 Å². The molecule has 15 heavy (non-hydrogen) atoms. The Morgan fingerprint density at radius 1 is 1.33 bits per heavy atom. The monoisotopic (exact) mass is 206 g/mol. The zero-order chi connectivity index (χ0) is 11.8. The van der Waals surface area contributed by atoms with Crippen LogP contribution in [0.5, 0.6) is 5.75 Å². The summed E-state index contributed by atoms with van der Waals surface area (Å²) in [4.78, 5) is 0. The van der Waals surface area contributed by atoms with Crippen molar-refractivity contribution in [3.8, 4) is 5.75 Å². The molecule has 0 aliphatic carbocycles. The molecular formula is C13H18O2. The predicted octanol–water partition coefficient (Wildman–Crippen LogP) is 3.98. The van der Waals surface area contributed by atoms with E-state index in [1.54, 1.807) is 30.4 Å². The Morgan fingerprint density at radius 2 is 1.93 bits per heavy atom. The van der Waals surface area contributed by atoms with Crippen LogP contribution in [0.4, 0.5) is 0 Å². The first-order chi connectivity index (χ1) is 7.16. The maximum absolute atomic E-state index is 9.47. The lowest BCUT2D eigenvalue weighted by Gasteiger charge is -2.05. The van der Waals surface area contributed by atoms with E-state index in [1.165, 1.54) is 0 Å². The summed E-state index contributed by atoms with van der Waals surface area (Å²) in [6, 6.07) is 4.94. The quantitative estimate of drug-likeness (QED) is 0.718. The van der Waals surface area contributed by atoms with E-state index in [-0.39, 0.29) is 11.5 Å². The van der Waals surface area contributed by atoms with Gasteiger partial charge >= 0.3 is 0 Å². The highest BCUT2D eigenvalue weighted by atomic mass is 16.3. The van der Waals surface area contributed by atoms with Crippen LogP contribution in [0.1, 0.15) is 31.9 Å². The highest BCUT2D eigenvalue weighted by Crippen LogP contribution is 2.25. The van der Waals surface area contributed by atoms with Gasteiger partial charge in [0.1, 0.15) is 11.5 Å². The summed E-state index contributed by atoms with van der Waals surface area (Å²) < 4.78 is 0. The summed E-state index contributed by atoms with van der Waals surface area (Å²) in [5.41, 5.74) is 1.15. The van der Waals surface area contributed by atoms with Gasteiger partial charge in [0.2, 0.25) is 0 Å². The van der Waals surface area contributed by atoms with Gasteiger partial charge < -0.3 is 10.2 Å². The van der Waals surface area contributed by atoms with Gasteiger partial charge in [0.05, 0.1) is 0 Å². The molecule has 1 aromatic carbocycles. The van der Waals surface area contributed by atoms with Crippen molar-refractivity contribution < 1.29 is 10.2 Å². The van der Waals surface area contributed by atoms with Gasteiger partial charge in [-0.15, -0.1) is 0 Å². The maximum atomic E-state index is 9.47. The summed E-state index contributed by atoms with van der Waals surface area (Å²) in [7, 11) is 0. The highest BCUT2D eigenvalue weighted by Gasteiger charge is 2.05. The fourth-order valence-corrected chi connectivity index (χ4v) is 1.15. The largest absolute Gasteiger partial charge is 0.508 e. The molecule has 0 aliphatic rings. The van der Waals surface area contributed by atoms with Crippen LogP contribution in [0.25, 0.3) is 11.8 Å². The number of aromatic hydroxyl groups is 1. The van der Waals surface area contributed by atoms with E-state index in [2.05, 4.69) is 6.58 Å². The smallest absolute Gasteiger partial charge is 0.123 e. The Labute approximate surface area is 91.2 Å². The van der Waals surface area contributed by atoms with Crippen molar-refractivity contribution in [2.45, 2.75) is 20.8 Å². The van der Waals surface area contributed by atoms with Crippen molar-refractivity contribution in [1.29, 1.82) is 0 Å². The van der Waals surface area contributed by atoms with Crippen molar-refractivity contribution in [3.63, 3.8) is 0 Å². The molecule has 0 spiro atoms. The van der Waals surface area contributed by atoms with Gasteiger partial charge in [0.25, 0.3) is 0 Å². The molecule has 0 saturated carbocycles. The van der Waals surface area contributed by atoms with Crippen LogP contribution in [0.15, 0.2) is 30.9 Å². The number of phenols is 1. The topological polar surface area (TPSA) is 40.5 Å². The van der Waals surface area contributed by atoms with Crippen LogP contribution in [-0.2, 0) is 0 Å². The van der Waals surface area contributed by atoms with E-state index in [4.69, 9.17) is 0 Å². The van der Waals surface area contributed by atoms with Crippen molar-refractivity contribution in [2.24, 2.45) is 0 Å². The second-order valence-corrected chi connectivity index (χ2v) is 2.69. The number of phenolic OH excluding ortho intramolecular Hbond substituents is 1. The first kappa shape index (κ1) is 13.3. The third-order valence-electron chi connectivity index (χ3n) is 1.73. The zero-order valence-electron chi connectivity index (χ0n) is 9.49. The van der Waals surface area contributed by atoms with Gasteiger partial charge in [-0.3, -0.25) is 0 Å². The standard InChI is InChI=1S/C11H12O2.C2H6/c1-3-5-10-9(8(2)12)6-4-7-11(10)13;1-2/h3-7,12-13H,2H2,1H3;1-2H3/b5-3-;. The molecule has 0 aromatic heterocycles. The molecule has 2 nitrogen and oxygen atoms in total. The first-order valence-corrected chi connectivity index (χ1v) is 4.99. The molecule has 0 unspecified atom stereocenters. The highest BCUT2D eigenvalue weighted by molar-refractivity contribution is 5.72. The number of aliphatic hydroxyl groups is 1. The normalized spacial score (nSPS) is 9.53. The number of allylic oxidation sites excluding steroid dienone is 1. The van der Waals surface area contributed by atoms with Gasteiger partial charge in [0, 0.05) is 11.1 Å². The van der Waals surface area contributed by atoms with Crippen LogP contribution < -0.4 is 0 Å². The van der Waals surface area contributed by atoms with Crippen molar-refractivity contribution in [1.82, 2.24) is 0 Å². The fraction of sp³-hybridized carbons (Fsp3) is 0.231. The van der Waals surface area contributed by atoms with E-state index >= 15 is 0 Å². The van der Waals surface area contributed by atoms with Gasteiger partial charge in [-0.05, 0) is 13.0 Å². The summed E-state index contributed by atoms with van der Waals surface area (Å²) in [5, 5.41) is 18.7. The lowest BCUT2D eigenvalue weighted by atomic mass is 10.0. The lowest BCUT2D eigenvalue weighted by molar-refractivity contribution is 0.471. The van der Waals surface area contributed by atoms with E-state index < -0.39 is 0 Å². The minimum atomic E-state index is -0.0380. The molecule has 0 amide bonds. The third kappa shape index (κ3) is 3.50. The number of rotatable bonds is 2. The van der Waals surface area contributed by atoms with E-state index in [0.717, 1.165) is 0 Å². The molecular weight excluding hydrogens is 188 g/mol. The molecule has 0 bridgehead atoms. The fourth-order valence-electron chi connectivity index (χ4n) is 1.15. The molecule has 0 atom stereocenters. The molecule has 0 heterocycles. The number of hydrogen-bond acceptors (Lipinski definition) is 2. The zero-order valence-corrected chi connectivity index (χ0v) is 9.49. The summed E-state index contributed by atoms with van der Waals surface area (Å²) in [6.45, 7) is 9.26. The summed E-state index contributed by atoms with van der Waals surface area (Å²) in [5.74, 6) is 0.106. The Kier molecular flexibility index (Phi) is 5.95. The molecule has 0 aliphatic heterocycles. The second-order valence-electron chi connectivity index (χ2n) is 2.69. The average molecular weight is 206 g/mol. The molecule has 1 rings (SSSR count). The number of hydrogen-bond donors (Lipinski definition) is 2. The molecule has 0 saturated heterocycles. The second kappa shape index (κ2) is 6.71. The van der Waals surface area contributed by atoms with Gasteiger partial charge in [-0.2, -0.15) is 0 Å². The first-order valence-electron chi connectivity index (χ1n) is 4.99. The molecule has 2 N–H and O–H groups in total. The molecule has 0 radical (unpaired) electrons. The van der Waals surface area contributed by atoms with E-state index in [0.29, 0.717) is 11.1 Å². The van der Waals surface area contributed by atoms with Gasteiger partial charge in [-0.25, -0.2) is 0 Å². The lowest BCUT2D eigenvalue weighted by Crippen LogP contribution is -1.86. The van der Waals surface area contributed by atoms with Crippen LogP contribution in [0, 0.1) is 0 Å². The van der Waals surface area contributed by atoms with Crippen molar-refractivity contribution >= 4 is 11.8 Å². The van der Waals surface area contributed by atoms with Gasteiger partial charge in [-0.1, -0.05) is 44.7 Å². The molecule has 2 heteroatoms. The molecule has 82 valence electrons. The van der Waals surface area contributed by atoms with Crippen LogP contribution in [0.3, 0.4) is 0 Å². The average Bonchev–Trinajstić information content (AvgIpc) is 2.24. The Balaban J connectivity index is 0.000000921. The number of benzene rings is 1. The van der Waals surface area contributed by atoms with Crippen molar-refractivity contribution in [2.75, 3.05) is 0 Å². The van der Waals surface area contributed by atoms with Crippen LogP contribution in [0.2, 0.25) is 0 Å². The SMILES string of the molecule is C=C(O)c1cccc(O)c1/C=C\C.CC. The Bertz CT molecular complexity index is 352. The van der Waals surface area contributed by atoms with Crippen molar-refractivity contribution in [3.05, 3.63) is 42.0 Å². The minimum absolute atomic E-state index is 0.0380. The molecule has 0 fully saturated rings. The Hall–Kier alpha value is -1.70. The van der Waals surface area contributed by atoms with Gasteiger partial charge in [0.15, 0.2) is 0 Å². The third-order valence-corrected chi connectivity index (χ3v) is 1.73.